The molecule has 0 aromatic carbocycles. The van der Waals surface area contributed by atoms with Crippen LogP contribution in [0, 0.1) is 20.8 Å². The molecule has 2 heterocycles. The molecule has 23 heavy (non-hydrogen) atoms. The van der Waals surface area contributed by atoms with Crippen molar-refractivity contribution in [2.75, 3.05) is 0 Å². The quantitative estimate of drug-likeness (QED) is 0.907. The molecule has 0 atom stereocenters. The highest BCUT2D eigenvalue weighted by molar-refractivity contribution is 7.89. The Morgan fingerprint density at radius 1 is 1.04 bits per heavy atom. The van der Waals surface area contributed by atoms with Crippen LogP contribution in [-0.4, -0.2) is 23.7 Å². The van der Waals surface area contributed by atoms with Crippen LogP contribution in [0.3, 0.4) is 0 Å². The van der Waals surface area contributed by atoms with Gasteiger partial charge in [-0.1, -0.05) is 29.6 Å². The Kier molecular flexibility index (Phi) is 4.01. The van der Waals surface area contributed by atoms with Crippen molar-refractivity contribution >= 4 is 10.0 Å². The summed E-state index contributed by atoms with van der Waals surface area (Å²) in [5.41, 5.74) is -0.531. The number of nitrogens with zero attached hydrogens (tertiary/aromatic N) is 3. The van der Waals surface area contributed by atoms with Crippen LogP contribution >= 0.6 is 0 Å². The van der Waals surface area contributed by atoms with Crippen molar-refractivity contribution in [2.45, 2.75) is 63.3 Å². The van der Waals surface area contributed by atoms with E-state index in [9.17, 15) is 8.42 Å². The van der Waals surface area contributed by atoms with Gasteiger partial charge in [-0.15, -0.1) is 0 Å². The second kappa shape index (κ2) is 5.72. The number of sulfonamides is 1. The van der Waals surface area contributed by atoms with Crippen molar-refractivity contribution < 1.29 is 17.5 Å². The van der Waals surface area contributed by atoms with Gasteiger partial charge in [-0.05, 0) is 33.6 Å². The molecule has 2 aromatic heterocycles. The first kappa shape index (κ1) is 16.1. The minimum Gasteiger partial charge on any atom is -0.360 e. The lowest BCUT2D eigenvalue weighted by molar-refractivity contribution is 0.199. The molecule has 0 saturated heterocycles. The standard InChI is InChI=1S/C14H20N4O4S/c1-9-12(10(2)21-16-9)23(19,20)18-14(7-5-4-6-8-14)13-15-11(3)17-22-13/h18H,4-8H2,1-3H3. The fourth-order valence-electron chi connectivity index (χ4n) is 3.17. The molecule has 0 radical (unpaired) electrons. The average Bonchev–Trinajstić information content (AvgIpc) is 3.06. The lowest BCUT2D eigenvalue weighted by atomic mass is 9.82. The molecular weight excluding hydrogens is 320 g/mol. The summed E-state index contributed by atoms with van der Waals surface area (Å²) in [5.74, 6) is 1.08. The summed E-state index contributed by atoms with van der Waals surface area (Å²) in [6.45, 7) is 4.90. The molecule has 9 heteroatoms. The van der Waals surface area contributed by atoms with Gasteiger partial charge in [0.2, 0.25) is 15.9 Å². The normalized spacial score (nSPS) is 18.2. The maximum absolute atomic E-state index is 12.9. The van der Waals surface area contributed by atoms with Crippen molar-refractivity contribution in [1.29, 1.82) is 0 Å². The number of aryl methyl sites for hydroxylation is 3. The van der Waals surface area contributed by atoms with E-state index in [1.165, 1.54) is 0 Å². The molecule has 2 aromatic rings. The van der Waals surface area contributed by atoms with Gasteiger partial charge in [0.25, 0.3) is 0 Å². The monoisotopic (exact) mass is 340 g/mol. The van der Waals surface area contributed by atoms with E-state index in [4.69, 9.17) is 9.05 Å². The predicted molar refractivity (Wildman–Crippen MR) is 80.1 cm³/mol. The third-order valence-electron chi connectivity index (χ3n) is 4.21. The topological polar surface area (TPSA) is 111 Å². The molecule has 1 aliphatic carbocycles. The van der Waals surface area contributed by atoms with Gasteiger partial charge in [-0.2, -0.15) is 9.71 Å². The van der Waals surface area contributed by atoms with E-state index in [2.05, 4.69) is 20.0 Å². The number of hydrogen-bond donors (Lipinski definition) is 1. The van der Waals surface area contributed by atoms with Gasteiger partial charge in [0.1, 0.15) is 16.1 Å². The first-order chi connectivity index (χ1) is 10.8. The average molecular weight is 340 g/mol. The van der Waals surface area contributed by atoms with Crippen LogP contribution in [-0.2, 0) is 15.6 Å². The van der Waals surface area contributed by atoms with E-state index < -0.39 is 15.6 Å². The van der Waals surface area contributed by atoms with E-state index in [0.717, 1.165) is 19.3 Å². The molecule has 0 amide bonds. The van der Waals surface area contributed by atoms with Gasteiger partial charge in [-0.25, -0.2) is 8.42 Å². The first-order valence-electron chi connectivity index (χ1n) is 7.62. The largest absolute Gasteiger partial charge is 0.360 e. The number of hydrogen-bond acceptors (Lipinski definition) is 7. The molecular formula is C14H20N4O4S. The number of rotatable bonds is 4. The third kappa shape index (κ3) is 2.90. The summed E-state index contributed by atoms with van der Waals surface area (Å²) in [6.07, 6.45) is 4.09. The Morgan fingerprint density at radius 2 is 1.74 bits per heavy atom. The van der Waals surface area contributed by atoms with Crippen LogP contribution < -0.4 is 4.72 Å². The van der Waals surface area contributed by atoms with Crippen molar-refractivity contribution in [3.05, 3.63) is 23.2 Å². The zero-order chi connectivity index (χ0) is 16.7. The van der Waals surface area contributed by atoms with Crippen molar-refractivity contribution in [3.8, 4) is 0 Å². The van der Waals surface area contributed by atoms with Crippen molar-refractivity contribution in [2.24, 2.45) is 0 Å². The van der Waals surface area contributed by atoms with Crippen LogP contribution in [0.4, 0.5) is 0 Å². The molecule has 1 fully saturated rings. The summed E-state index contributed by atoms with van der Waals surface area (Å²) in [6, 6.07) is 0. The molecule has 1 N–H and O–H groups in total. The van der Waals surface area contributed by atoms with E-state index in [0.29, 0.717) is 30.3 Å². The van der Waals surface area contributed by atoms with Gasteiger partial charge in [0.15, 0.2) is 11.6 Å². The van der Waals surface area contributed by atoms with Gasteiger partial charge in [0, 0.05) is 0 Å². The minimum absolute atomic E-state index is 0.0821. The second-order valence-electron chi connectivity index (χ2n) is 6.05. The van der Waals surface area contributed by atoms with Crippen molar-refractivity contribution in [1.82, 2.24) is 20.0 Å². The highest BCUT2D eigenvalue weighted by atomic mass is 32.2. The summed E-state index contributed by atoms with van der Waals surface area (Å²) < 4.78 is 38.9. The van der Waals surface area contributed by atoms with Gasteiger partial charge >= 0.3 is 0 Å². The van der Waals surface area contributed by atoms with Gasteiger partial charge < -0.3 is 9.05 Å². The first-order valence-corrected chi connectivity index (χ1v) is 9.10. The van der Waals surface area contributed by atoms with E-state index in [1.54, 1.807) is 20.8 Å². The fourth-order valence-corrected chi connectivity index (χ4v) is 4.92. The van der Waals surface area contributed by atoms with Gasteiger partial charge in [0.05, 0.1) is 0 Å². The molecule has 1 saturated carbocycles. The van der Waals surface area contributed by atoms with E-state index >= 15 is 0 Å². The number of nitrogens with one attached hydrogen (secondary N) is 1. The molecule has 0 unspecified atom stereocenters. The number of aromatic nitrogens is 3. The Morgan fingerprint density at radius 3 is 2.26 bits per heavy atom. The molecule has 126 valence electrons. The van der Waals surface area contributed by atoms with E-state index in [1.807, 2.05) is 0 Å². The molecule has 8 nitrogen and oxygen atoms in total. The third-order valence-corrected chi connectivity index (χ3v) is 5.99. The van der Waals surface area contributed by atoms with Crippen LogP contribution in [0.15, 0.2) is 13.9 Å². The molecule has 0 bridgehead atoms. The minimum atomic E-state index is -3.81. The smallest absolute Gasteiger partial charge is 0.247 e. The van der Waals surface area contributed by atoms with E-state index in [-0.39, 0.29) is 10.7 Å². The maximum atomic E-state index is 12.9. The molecule has 3 rings (SSSR count). The fraction of sp³-hybridized carbons (Fsp3) is 0.643. The second-order valence-corrected chi connectivity index (χ2v) is 7.67. The summed E-state index contributed by atoms with van der Waals surface area (Å²) in [7, 11) is -3.81. The lowest BCUT2D eigenvalue weighted by Gasteiger charge is -2.34. The molecule has 0 aliphatic heterocycles. The van der Waals surface area contributed by atoms with Gasteiger partial charge in [-0.3, -0.25) is 0 Å². The van der Waals surface area contributed by atoms with Crippen LogP contribution in [0.25, 0.3) is 0 Å². The molecule has 1 aliphatic rings. The van der Waals surface area contributed by atoms with Crippen LogP contribution in [0.1, 0.15) is 55.3 Å². The Labute approximate surface area is 134 Å². The van der Waals surface area contributed by atoms with Crippen LogP contribution in [0.5, 0.6) is 0 Å². The highest BCUT2D eigenvalue weighted by Gasteiger charge is 2.43. The summed E-state index contributed by atoms with van der Waals surface area (Å²) >= 11 is 0. The SMILES string of the molecule is Cc1noc(C2(NS(=O)(=O)c3c(C)noc3C)CCCCC2)n1. The maximum Gasteiger partial charge on any atom is 0.247 e. The zero-order valence-electron chi connectivity index (χ0n) is 13.4. The lowest BCUT2D eigenvalue weighted by Crippen LogP contribution is -2.47. The summed E-state index contributed by atoms with van der Waals surface area (Å²) in [4.78, 5) is 4.36. The predicted octanol–water partition coefficient (Wildman–Crippen LogP) is 2.12. The summed E-state index contributed by atoms with van der Waals surface area (Å²) in [5, 5.41) is 7.54. The van der Waals surface area contributed by atoms with Crippen molar-refractivity contribution in [3.63, 3.8) is 0 Å². The Bertz CT molecular complexity index is 783. The Hall–Kier alpha value is -1.74. The Balaban J connectivity index is 2.02. The molecule has 0 spiro atoms. The highest BCUT2D eigenvalue weighted by Crippen LogP contribution is 2.38. The zero-order valence-corrected chi connectivity index (χ0v) is 14.2. The van der Waals surface area contributed by atoms with Crippen LogP contribution in [0.2, 0.25) is 0 Å².